The Kier molecular flexibility index (Phi) is 10.1. The monoisotopic (exact) mass is 599 g/mol. The fraction of sp³-hybridized carbons (Fsp3) is 0.357. The summed E-state index contributed by atoms with van der Waals surface area (Å²) in [5.41, 5.74) is 2.75. The average Bonchev–Trinajstić information content (AvgIpc) is 3.21. The number of pyridine rings is 1. The number of hydrogen-bond donors (Lipinski definition) is 2. The zero-order chi connectivity index (χ0) is 31.2. The summed E-state index contributed by atoms with van der Waals surface area (Å²) in [5.74, 6) is -3.57. The van der Waals surface area contributed by atoms with Gasteiger partial charge in [-0.1, -0.05) is 13.3 Å². The highest BCUT2D eigenvalue weighted by atomic mass is 19.4. The second-order valence-corrected chi connectivity index (χ2v) is 9.68. The van der Waals surface area contributed by atoms with E-state index >= 15 is 0 Å². The van der Waals surface area contributed by atoms with Crippen LogP contribution in [0.1, 0.15) is 58.8 Å². The maximum atomic E-state index is 14.6. The number of hydrogen-bond acceptors (Lipinski definition) is 6. The molecule has 14 heteroatoms. The lowest BCUT2D eigenvalue weighted by molar-refractivity contribution is -0.138. The smallest absolute Gasteiger partial charge is 0.397 e. The number of nitrogens with two attached hydrogens (primary N) is 1. The number of rotatable bonds is 8. The number of H-pyrrole nitrogens is 1. The summed E-state index contributed by atoms with van der Waals surface area (Å²) in [4.78, 5) is 27.7. The first kappa shape index (κ1) is 32.3. The van der Waals surface area contributed by atoms with E-state index in [1.807, 2.05) is 6.92 Å². The number of alkyl halides is 6. The molecule has 0 aliphatic heterocycles. The number of fused-ring (bicyclic) bond motifs is 1. The Labute approximate surface area is 236 Å². The summed E-state index contributed by atoms with van der Waals surface area (Å²) in [6.07, 6.45) is 1.03. The maximum absolute atomic E-state index is 14.6. The van der Waals surface area contributed by atoms with Crippen LogP contribution in [0.15, 0.2) is 41.6 Å². The molecule has 42 heavy (non-hydrogen) atoms. The Balaban J connectivity index is 0.000000337. The molecule has 2 heterocycles. The van der Waals surface area contributed by atoms with Crippen LogP contribution in [0.2, 0.25) is 0 Å². The van der Waals surface area contributed by atoms with Crippen molar-refractivity contribution in [1.29, 1.82) is 0 Å². The fourth-order valence-electron chi connectivity index (χ4n) is 4.34. The summed E-state index contributed by atoms with van der Waals surface area (Å²) in [6.45, 7) is 2.11. The van der Waals surface area contributed by atoms with Crippen LogP contribution in [-0.4, -0.2) is 46.1 Å². The van der Waals surface area contributed by atoms with Crippen LogP contribution < -0.4 is 11.3 Å². The Bertz CT molecular complexity index is 1500. The number of aldehydes is 1. The molecule has 2 aromatic heterocycles. The van der Waals surface area contributed by atoms with E-state index in [9.17, 15) is 40.3 Å². The number of halogens is 7. The van der Waals surface area contributed by atoms with Gasteiger partial charge in [0.2, 0.25) is 0 Å². The molecule has 1 aliphatic rings. The normalized spacial score (nSPS) is 14.7. The third kappa shape index (κ3) is 7.74. The van der Waals surface area contributed by atoms with Crippen LogP contribution in [0.4, 0.5) is 36.4 Å². The minimum absolute atomic E-state index is 0.120. The maximum Gasteiger partial charge on any atom is 0.423 e. The SMILES string of the molecule is CCCC(F)CN(C)/C=C\c1cc(-c2cc3c(cn2)C(F)(F)CC3)c(F)cc1C=O.Nc1cn[nH]c(=O)c1C(F)(F)F. The Morgan fingerprint density at radius 3 is 2.50 bits per heavy atom. The average molecular weight is 600 g/mol. The lowest BCUT2D eigenvalue weighted by Gasteiger charge is -2.17. The number of nitrogen functional groups attached to an aromatic ring is 1. The van der Waals surface area contributed by atoms with Gasteiger partial charge in [0.1, 0.15) is 17.6 Å². The van der Waals surface area contributed by atoms with E-state index in [1.165, 1.54) is 12.1 Å². The number of nitrogens with zero attached hydrogens (tertiary/aromatic N) is 3. The lowest BCUT2D eigenvalue weighted by atomic mass is 10.00. The molecular formula is C28H28F7N5O2. The van der Waals surface area contributed by atoms with Crippen LogP contribution in [0.5, 0.6) is 0 Å². The van der Waals surface area contributed by atoms with Crippen LogP contribution in [0.25, 0.3) is 17.3 Å². The van der Waals surface area contributed by atoms with Crippen molar-refractivity contribution < 1.29 is 35.5 Å². The highest BCUT2D eigenvalue weighted by Crippen LogP contribution is 2.42. The predicted molar refractivity (Wildman–Crippen MR) is 143 cm³/mol. The third-order valence-corrected chi connectivity index (χ3v) is 6.43. The molecule has 3 N–H and O–H groups in total. The largest absolute Gasteiger partial charge is 0.423 e. The van der Waals surface area contributed by atoms with E-state index in [0.717, 1.165) is 24.9 Å². The Hall–Kier alpha value is -4.23. The number of aromatic nitrogens is 3. The van der Waals surface area contributed by atoms with E-state index in [0.29, 0.717) is 23.8 Å². The van der Waals surface area contributed by atoms with Gasteiger partial charge >= 0.3 is 6.18 Å². The number of carbonyl (C=O) groups is 1. The second kappa shape index (κ2) is 13.2. The van der Waals surface area contributed by atoms with Crippen LogP contribution in [0.3, 0.4) is 0 Å². The summed E-state index contributed by atoms with van der Waals surface area (Å²) in [5, 5.41) is 4.74. The van der Waals surface area contributed by atoms with E-state index < -0.39 is 40.9 Å². The molecule has 7 nitrogen and oxygen atoms in total. The van der Waals surface area contributed by atoms with Crippen molar-refractivity contribution in [3.05, 3.63) is 80.8 Å². The molecular weight excluding hydrogens is 571 g/mol. The molecule has 3 aromatic rings. The summed E-state index contributed by atoms with van der Waals surface area (Å²) in [6, 6.07) is 4.04. The first-order valence-electron chi connectivity index (χ1n) is 12.8. The van der Waals surface area contributed by atoms with Gasteiger partial charge in [-0.15, -0.1) is 0 Å². The van der Waals surface area contributed by atoms with Crippen molar-refractivity contribution >= 4 is 18.0 Å². The zero-order valence-electron chi connectivity index (χ0n) is 22.6. The van der Waals surface area contributed by atoms with Crippen LogP contribution in [-0.2, 0) is 18.5 Å². The van der Waals surface area contributed by atoms with Crippen molar-refractivity contribution in [3.63, 3.8) is 0 Å². The molecule has 0 spiro atoms. The highest BCUT2D eigenvalue weighted by Gasteiger charge is 2.39. The number of anilines is 1. The van der Waals surface area contributed by atoms with E-state index in [-0.39, 0.29) is 41.8 Å². The molecule has 1 unspecified atom stereocenters. The molecule has 0 fully saturated rings. The predicted octanol–water partition coefficient (Wildman–Crippen LogP) is 6.15. The Morgan fingerprint density at radius 2 is 1.90 bits per heavy atom. The summed E-state index contributed by atoms with van der Waals surface area (Å²) in [7, 11) is 1.71. The van der Waals surface area contributed by atoms with Gasteiger partial charge in [0.25, 0.3) is 11.5 Å². The van der Waals surface area contributed by atoms with Crippen LogP contribution >= 0.6 is 0 Å². The summed E-state index contributed by atoms with van der Waals surface area (Å²) < 4.78 is 92.0. The molecule has 0 saturated carbocycles. The van der Waals surface area contributed by atoms with Gasteiger partial charge in [-0.05, 0) is 54.4 Å². The van der Waals surface area contributed by atoms with Crippen molar-refractivity contribution in [2.45, 2.75) is 50.9 Å². The molecule has 0 radical (unpaired) electrons. The lowest BCUT2D eigenvalue weighted by Crippen LogP contribution is -2.24. The third-order valence-electron chi connectivity index (χ3n) is 6.43. The fourth-order valence-corrected chi connectivity index (χ4v) is 4.34. The van der Waals surface area contributed by atoms with Gasteiger partial charge in [-0.2, -0.15) is 18.3 Å². The first-order valence-corrected chi connectivity index (χ1v) is 12.8. The molecule has 1 aromatic carbocycles. The summed E-state index contributed by atoms with van der Waals surface area (Å²) >= 11 is 0. The number of carbonyl (C=O) groups excluding carboxylic acids is 1. The molecule has 4 rings (SSSR count). The number of aromatic amines is 1. The first-order chi connectivity index (χ1) is 19.7. The molecule has 1 aliphatic carbocycles. The van der Waals surface area contributed by atoms with Crippen molar-refractivity contribution in [2.24, 2.45) is 0 Å². The van der Waals surface area contributed by atoms with E-state index in [4.69, 9.17) is 5.73 Å². The van der Waals surface area contributed by atoms with E-state index in [1.54, 1.807) is 29.3 Å². The second-order valence-electron chi connectivity index (χ2n) is 9.68. The number of aryl methyl sites for hydroxylation is 1. The minimum atomic E-state index is -4.74. The Morgan fingerprint density at radius 1 is 1.19 bits per heavy atom. The van der Waals surface area contributed by atoms with Gasteiger partial charge in [-0.3, -0.25) is 14.6 Å². The topological polar surface area (TPSA) is 105 Å². The van der Waals surface area contributed by atoms with Crippen molar-refractivity contribution in [1.82, 2.24) is 20.1 Å². The van der Waals surface area contributed by atoms with Gasteiger partial charge in [0, 0.05) is 42.9 Å². The molecule has 0 amide bonds. The van der Waals surface area contributed by atoms with Crippen molar-refractivity contribution in [2.75, 3.05) is 19.3 Å². The van der Waals surface area contributed by atoms with Gasteiger partial charge in [0.15, 0.2) is 6.29 Å². The van der Waals surface area contributed by atoms with E-state index in [2.05, 4.69) is 10.1 Å². The molecule has 0 bridgehead atoms. The van der Waals surface area contributed by atoms with Crippen LogP contribution in [0, 0.1) is 5.82 Å². The van der Waals surface area contributed by atoms with Gasteiger partial charge < -0.3 is 10.6 Å². The van der Waals surface area contributed by atoms with Gasteiger partial charge in [-0.25, -0.2) is 22.7 Å². The van der Waals surface area contributed by atoms with Crippen molar-refractivity contribution in [3.8, 4) is 11.3 Å². The van der Waals surface area contributed by atoms with Gasteiger partial charge in [0.05, 0.1) is 17.6 Å². The molecule has 1 atom stereocenters. The number of nitrogens with one attached hydrogen (secondary N) is 1. The number of benzene rings is 1. The molecule has 0 saturated heterocycles. The molecule has 226 valence electrons. The quantitative estimate of drug-likeness (QED) is 0.238. The minimum Gasteiger partial charge on any atom is -0.397 e. The standard InChI is InChI=1S/C23H24F4N2O.C5H4F3N3O/c1-3-4-18(24)13-29(2)8-6-15-9-19(21(25)10-17(15)14-30)22-11-16-5-7-23(26,27)20(16)12-28-22;6-5(7,8)3-2(9)1-10-11-4(3)12/h6,8-12,14,18H,3-5,7,13H2,1-2H3;1H,(H3,9,11,12)/b8-6-;. The highest BCUT2D eigenvalue weighted by molar-refractivity contribution is 5.84. The zero-order valence-corrected chi connectivity index (χ0v) is 22.6.